The van der Waals surface area contributed by atoms with Gasteiger partial charge in [0.05, 0.1) is 5.52 Å². The molecule has 0 aliphatic carbocycles. The van der Waals surface area contributed by atoms with E-state index in [9.17, 15) is 0 Å². The van der Waals surface area contributed by atoms with E-state index in [2.05, 4.69) is 69.9 Å². The molecule has 0 bridgehead atoms. The highest BCUT2D eigenvalue weighted by Gasteiger charge is 2.35. The quantitative estimate of drug-likeness (QED) is 0.573. The number of para-hydroxylation sites is 2. The number of pyridine rings is 1. The molecule has 0 saturated carbocycles. The summed E-state index contributed by atoms with van der Waals surface area (Å²) in [5.74, 6) is 1.74. The largest absolute Gasteiger partial charge is 0.451 e. The van der Waals surface area contributed by atoms with Crippen molar-refractivity contribution in [3.05, 3.63) is 65.9 Å². The molecule has 140 valence electrons. The zero-order valence-corrected chi connectivity index (χ0v) is 16.7. The summed E-state index contributed by atoms with van der Waals surface area (Å²) in [5.41, 5.74) is 3.34. The van der Waals surface area contributed by atoms with Crippen molar-refractivity contribution in [2.45, 2.75) is 58.2 Å². The summed E-state index contributed by atoms with van der Waals surface area (Å²) >= 11 is 0. The number of benzene rings is 2. The molecule has 1 unspecified atom stereocenters. The third-order valence-electron chi connectivity index (χ3n) is 5.33. The summed E-state index contributed by atoms with van der Waals surface area (Å²) in [4.78, 5) is 4.63. The smallest absolute Gasteiger partial charge is 0.242 e. The van der Waals surface area contributed by atoms with Gasteiger partial charge < -0.3 is 9.47 Å². The molecule has 3 aromatic rings. The number of aromatic nitrogens is 1. The number of ether oxygens (including phenoxy) is 2. The Bertz CT molecular complexity index is 980. The van der Waals surface area contributed by atoms with E-state index in [4.69, 9.17) is 9.47 Å². The van der Waals surface area contributed by atoms with Crippen molar-refractivity contribution in [3.63, 3.8) is 0 Å². The molecule has 0 N–H and O–H groups in total. The third kappa shape index (κ3) is 3.27. The predicted octanol–water partition coefficient (Wildman–Crippen LogP) is 6.00. The maximum absolute atomic E-state index is 6.29. The monoisotopic (exact) mass is 361 g/mol. The highest BCUT2D eigenvalue weighted by atomic mass is 16.7. The van der Waals surface area contributed by atoms with Crippen molar-refractivity contribution in [2.24, 2.45) is 0 Å². The van der Waals surface area contributed by atoms with Crippen LogP contribution in [0.5, 0.6) is 11.5 Å². The molecule has 2 aromatic carbocycles. The topological polar surface area (TPSA) is 31.4 Å². The van der Waals surface area contributed by atoms with Crippen LogP contribution in [0, 0.1) is 0 Å². The van der Waals surface area contributed by atoms with Gasteiger partial charge in [0, 0.05) is 23.6 Å². The molecule has 1 atom stereocenters. The van der Waals surface area contributed by atoms with Crippen LogP contribution in [0.3, 0.4) is 0 Å². The minimum absolute atomic E-state index is 0.0126. The molecule has 0 amide bonds. The second-order valence-corrected chi connectivity index (χ2v) is 9.02. The van der Waals surface area contributed by atoms with Gasteiger partial charge in [0.15, 0.2) is 11.5 Å². The van der Waals surface area contributed by atoms with Gasteiger partial charge in [0.25, 0.3) is 0 Å². The fourth-order valence-electron chi connectivity index (χ4n) is 3.88. The molecule has 0 spiro atoms. The number of fused-ring (bicyclic) bond motifs is 2. The maximum atomic E-state index is 6.29. The first kappa shape index (κ1) is 17.8. The van der Waals surface area contributed by atoms with Crippen LogP contribution in [0.2, 0.25) is 0 Å². The van der Waals surface area contributed by atoms with E-state index in [0.29, 0.717) is 0 Å². The summed E-state index contributed by atoms with van der Waals surface area (Å²) in [7, 11) is 0. The van der Waals surface area contributed by atoms with Gasteiger partial charge in [-0.25, -0.2) is 0 Å². The molecule has 1 aliphatic rings. The average molecular weight is 361 g/mol. The Morgan fingerprint density at radius 2 is 1.56 bits per heavy atom. The van der Waals surface area contributed by atoms with Gasteiger partial charge in [-0.2, -0.15) is 0 Å². The Balaban J connectivity index is 1.63. The minimum Gasteiger partial charge on any atom is -0.451 e. The summed E-state index contributed by atoms with van der Waals surface area (Å²) in [6.07, 6.45) is 2.31. The van der Waals surface area contributed by atoms with E-state index in [1.54, 1.807) is 0 Å². The second-order valence-electron chi connectivity index (χ2n) is 9.02. The molecule has 1 aromatic heterocycles. The lowest BCUT2D eigenvalue weighted by atomic mass is 9.80. The van der Waals surface area contributed by atoms with Gasteiger partial charge in [0.2, 0.25) is 6.29 Å². The molecule has 27 heavy (non-hydrogen) atoms. The SMILES string of the molecule is CC(C)(C)c1cccc2c1OC(CC(C)(C)c1cccc3cccnc13)O2. The normalized spacial score (nSPS) is 16.7. The zero-order chi connectivity index (χ0) is 19.2. The van der Waals surface area contributed by atoms with E-state index in [1.165, 1.54) is 11.1 Å². The van der Waals surface area contributed by atoms with E-state index in [-0.39, 0.29) is 17.1 Å². The fraction of sp³-hybridized carbons (Fsp3) is 0.375. The van der Waals surface area contributed by atoms with E-state index < -0.39 is 0 Å². The first-order chi connectivity index (χ1) is 12.8. The van der Waals surface area contributed by atoms with Crippen molar-refractivity contribution in [3.8, 4) is 11.5 Å². The molecular formula is C24H27NO2. The summed E-state index contributed by atoms with van der Waals surface area (Å²) in [6.45, 7) is 11.1. The molecule has 3 nitrogen and oxygen atoms in total. The lowest BCUT2D eigenvalue weighted by molar-refractivity contribution is 0.0243. The molecule has 0 saturated heterocycles. The van der Waals surface area contributed by atoms with Gasteiger partial charge >= 0.3 is 0 Å². The van der Waals surface area contributed by atoms with Crippen LogP contribution in [-0.2, 0) is 10.8 Å². The van der Waals surface area contributed by atoms with E-state index in [1.807, 2.05) is 24.4 Å². The minimum atomic E-state index is -0.294. The van der Waals surface area contributed by atoms with Gasteiger partial charge in [-0.3, -0.25) is 4.98 Å². The molecule has 3 heteroatoms. The van der Waals surface area contributed by atoms with Gasteiger partial charge in [0.1, 0.15) is 0 Å². The highest BCUT2D eigenvalue weighted by Crippen LogP contribution is 2.45. The molecule has 1 aliphatic heterocycles. The molecular weight excluding hydrogens is 334 g/mol. The lowest BCUT2D eigenvalue weighted by Gasteiger charge is -2.28. The predicted molar refractivity (Wildman–Crippen MR) is 110 cm³/mol. The van der Waals surface area contributed by atoms with Crippen molar-refractivity contribution in [2.75, 3.05) is 0 Å². The Morgan fingerprint density at radius 1 is 0.852 bits per heavy atom. The lowest BCUT2D eigenvalue weighted by Crippen LogP contribution is -2.30. The number of rotatable bonds is 3. The summed E-state index contributed by atoms with van der Waals surface area (Å²) in [6, 6.07) is 16.6. The van der Waals surface area contributed by atoms with Crippen LogP contribution in [-0.4, -0.2) is 11.3 Å². The van der Waals surface area contributed by atoms with Crippen molar-refractivity contribution < 1.29 is 9.47 Å². The first-order valence-corrected chi connectivity index (χ1v) is 9.57. The fourth-order valence-corrected chi connectivity index (χ4v) is 3.88. The number of hydrogen-bond donors (Lipinski definition) is 0. The Hall–Kier alpha value is -2.55. The van der Waals surface area contributed by atoms with Crippen molar-refractivity contribution in [1.29, 1.82) is 0 Å². The molecule has 4 rings (SSSR count). The molecule has 0 radical (unpaired) electrons. The van der Waals surface area contributed by atoms with Crippen LogP contribution in [0.4, 0.5) is 0 Å². The van der Waals surface area contributed by atoms with Crippen molar-refractivity contribution >= 4 is 10.9 Å². The van der Waals surface area contributed by atoms with Crippen LogP contribution in [0.1, 0.15) is 52.2 Å². The Kier molecular flexibility index (Phi) is 4.14. The van der Waals surface area contributed by atoms with E-state index >= 15 is 0 Å². The van der Waals surface area contributed by atoms with E-state index in [0.717, 1.165) is 28.8 Å². The van der Waals surface area contributed by atoms with Gasteiger partial charge in [-0.15, -0.1) is 0 Å². The number of nitrogens with zero attached hydrogens (tertiary/aromatic N) is 1. The second kappa shape index (κ2) is 6.26. The Labute approximate surface area is 161 Å². The zero-order valence-electron chi connectivity index (χ0n) is 16.7. The number of hydrogen-bond acceptors (Lipinski definition) is 3. The molecule has 0 fully saturated rings. The highest BCUT2D eigenvalue weighted by molar-refractivity contribution is 5.82. The summed E-state index contributed by atoms with van der Waals surface area (Å²) in [5, 5.41) is 1.16. The van der Waals surface area contributed by atoms with Crippen LogP contribution in [0.25, 0.3) is 10.9 Å². The van der Waals surface area contributed by atoms with Crippen molar-refractivity contribution in [1.82, 2.24) is 4.98 Å². The van der Waals surface area contributed by atoms with Gasteiger partial charge in [-0.05, 0) is 28.5 Å². The molecule has 2 heterocycles. The first-order valence-electron chi connectivity index (χ1n) is 9.57. The van der Waals surface area contributed by atoms with Crippen LogP contribution in [0.15, 0.2) is 54.7 Å². The standard InChI is InChI=1S/C24H27NO2/c1-23(2,3)18-12-7-13-19-22(18)27-20(26-19)15-24(4,5)17-11-6-9-16-10-8-14-25-21(16)17/h6-14,20H,15H2,1-5H3. The van der Waals surface area contributed by atoms with Crippen LogP contribution >= 0.6 is 0 Å². The Morgan fingerprint density at radius 3 is 2.33 bits per heavy atom. The van der Waals surface area contributed by atoms with Crippen LogP contribution < -0.4 is 9.47 Å². The average Bonchev–Trinajstić information content (AvgIpc) is 3.01. The summed E-state index contributed by atoms with van der Waals surface area (Å²) < 4.78 is 12.5. The van der Waals surface area contributed by atoms with Gasteiger partial charge in [-0.1, -0.05) is 71.0 Å². The maximum Gasteiger partial charge on any atom is 0.242 e. The third-order valence-corrected chi connectivity index (χ3v) is 5.33.